The molecule has 0 aliphatic carbocycles. The highest BCUT2D eigenvalue weighted by Gasteiger charge is 2.39. The number of pyridine rings is 1. The van der Waals surface area contributed by atoms with Crippen molar-refractivity contribution < 1.29 is 9.15 Å². The Morgan fingerprint density at radius 2 is 1.45 bits per heavy atom. The average molecular weight is 545 g/mol. The molecule has 8 rings (SSSR count). The fourth-order valence-corrected chi connectivity index (χ4v) is 6.44. The van der Waals surface area contributed by atoms with Gasteiger partial charge in [0.1, 0.15) is 22.7 Å². The van der Waals surface area contributed by atoms with Crippen molar-refractivity contribution in [3.05, 3.63) is 145 Å². The third-order valence-electron chi connectivity index (χ3n) is 8.31. The van der Waals surface area contributed by atoms with E-state index in [1.54, 1.807) is 0 Å². The summed E-state index contributed by atoms with van der Waals surface area (Å²) >= 11 is 0. The maximum absolute atomic E-state index is 6.43. The topological polar surface area (TPSA) is 38.5 Å². The summed E-state index contributed by atoms with van der Waals surface area (Å²) in [5.74, 6) is 1.53. The van der Waals surface area contributed by atoms with Gasteiger partial charge in [-0.15, -0.1) is 0 Å². The van der Waals surface area contributed by atoms with Crippen molar-refractivity contribution in [1.82, 2.24) is 4.98 Å². The zero-order valence-corrected chi connectivity index (χ0v) is 23.4. The van der Waals surface area contributed by atoms with Crippen molar-refractivity contribution in [1.29, 1.82) is 0 Å². The van der Waals surface area contributed by atoms with Gasteiger partial charge in [-0.25, -0.2) is 0 Å². The number of fused-ring (bicyclic) bond motifs is 6. The van der Waals surface area contributed by atoms with E-state index in [2.05, 4.69) is 96.5 Å². The van der Waals surface area contributed by atoms with Gasteiger partial charge in [0.05, 0.1) is 17.1 Å². The summed E-state index contributed by atoms with van der Waals surface area (Å²) in [7, 11) is 0. The molecular weight excluding hydrogens is 516 g/mol. The van der Waals surface area contributed by atoms with E-state index in [1.165, 1.54) is 16.5 Å². The Morgan fingerprint density at radius 1 is 0.667 bits per heavy atom. The van der Waals surface area contributed by atoms with Crippen molar-refractivity contribution in [2.24, 2.45) is 0 Å². The fourth-order valence-electron chi connectivity index (χ4n) is 6.44. The molecular formula is C38H28N2O2. The van der Waals surface area contributed by atoms with Gasteiger partial charge in [0.15, 0.2) is 0 Å². The van der Waals surface area contributed by atoms with Crippen molar-refractivity contribution in [2.75, 3.05) is 4.90 Å². The number of hydrogen-bond donors (Lipinski definition) is 0. The van der Waals surface area contributed by atoms with Gasteiger partial charge >= 0.3 is 0 Å². The number of nitrogens with zero attached hydrogens (tertiary/aromatic N) is 2. The molecule has 4 heteroatoms. The molecule has 7 aromatic rings. The Balaban J connectivity index is 1.27. The lowest BCUT2D eigenvalue weighted by Crippen LogP contribution is -2.30. The first kappa shape index (κ1) is 24.4. The fraction of sp³-hybridized carbons (Fsp3) is 0.0789. The Kier molecular flexibility index (Phi) is 5.44. The molecule has 2 aromatic heterocycles. The second-order valence-electron chi connectivity index (χ2n) is 11.3. The van der Waals surface area contributed by atoms with E-state index in [1.807, 2.05) is 60.8 Å². The zero-order valence-electron chi connectivity index (χ0n) is 23.4. The van der Waals surface area contributed by atoms with Gasteiger partial charge < -0.3 is 14.1 Å². The molecule has 0 saturated carbocycles. The summed E-state index contributed by atoms with van der Waals surface area (Å²) in [6.07, 6.45) is 1.81. The van der Waals surface area contributed by atoms with E-state index in [0.29, 0.717) is 0 Å². The maximum atomic E-state index is 6.43. The minimum atomic E-state index is -0.241. The molecule has 0 spiro atoms. The number of rotatable bonds is 4. The van der Waals surface area contributed by atoms with Crippen LogP contribution in [0.25, 0.3) is 33.2 Å². The molecule has 1 aliphatic heterocycles. The van der Waals surface area contributed by atoms with Crippen molar-refractivity contribution in [3.63, 3.8) is 0 Å². The first-order valence-electron chi connectivity index (χ1n) is 14.2. The average Bonchev–Trinajstić information content (AvgIpc) is 3.41. The van der Waals surface area contributed by atoms with Crippen LogP contribution in [0.4, 0.5) is 17.1 Å². The molecule has 3 heterocycles. The van der Waals surface area contributed by atoms with Gasteiger partial charge in [-0.3, -0.25) is 4.98 Å². The maximum Gasteiger partial charge on any atom is 0.135 e. The number of furan rings is 1. The third-order valence-corrected chi connectivity index (χ3v) is 8.31. The number of ether oxygens (including phenoxy) is 1. The minimum absolute atomic E-state index is 0.241. The zero-order chi connectivity index (χ0) is 28.3. The lowest BCUT2D eigenvalue weighted by molar-refractivity contribution is 0.483. The summed E-state index contributed by atoms with van der Waals surface area (Å²) in [5.41, 5.74) is 9.38. The van der Waals surface area contributed by atoms with Gasteiger partial charge in [0, 0.05) is 39.7 Å². The smallest absolute Gasteiger partial charge is 0.135 e. The Bertz CT molecular complexity index is 2110. The van der Waals surface area contributed by atoms with Crippen LogP contribution in [0.2, 0.25) is 0 Å². The van der Waals surface area contributed by atoms with Gasteiger partial charge in [-0.05, 0) is 71.8 Å². The molecule has 0 N–H and O–H groups in total. The SMILES string of the molecule is CC1(C)c2ccccc2N(c2cccc(Oc3cccc(-c4ccccn4)c3)c2)c2ccc3oc4ccccc4c3c21. The number of hydrogen-bond acceptors (Lipinski definition) is 4. The van der Waals surface area contributed by atoms with E-state index < -0.39 is 0 Å². The lowest BCUT2D eigenvalue weighted by atomic mass is 9.72. The van der Waals surface area contributed by atoms with Crippen molar-refractivity contribution in [3.8, 4) is 22.8 Å². The van der Waals surface area contributed by atoms with Crippen LogP contribution in [0.1, 0.15) is 25.0 Å². The predicted molar refractivity (Wildman–Crippen MR) is 170 cm³/mol. The van der Waals surface area contributed by atoms with Crippen LogP contribution in [0.15, 0.2) is 138 Å². The third kappa shape index (κ3) is 3.80. The molecule has 1 aliphatic rings. The Morgan fingerprint density at radius 3 is 2.33 bits per heavy atom. The molecule has 42 heavy (non-hydrogen) atoms. The summed E-state index contributed by atoms with van der Waals surface area (Å²) in [6.45, 7) is 4.63. The summed E-state index contributed by atoms with van der Waals surface area (Å²) in [5, 5.41) is 2.31. The highest BCUT2D eigenvalue weighted by atomic mass is 16.5. The predicted octanol–water partition coefficient (Wildman–Crippen LogP) is 10.5. The van der Waals surface area contributed by atoms with Gasteiger partial charge in [0.2, 0.25) is 0 Å². The van der Waals surface area contributed by atoms with Gasteiger partial charge in [0.25, 0.3) is 0 Å². The molecule has 5 aromatic carbocycles. The minimum Gasteiger partial charge on any atom is -0.457 e. The summed E-state index contributed by atoms with van der Waals surface area (Å²) < 4.78 is 12.8. The molecule has 0 bridgehead atoms. The van der Waals surface area contributed by atoms with Crippen LogP contribution in [0.3, 0.4) is 0 Å². The number of aromatic nitrogens is 1. The molecule has 4 nitrogen and oxygen atoms in total. The number of benzene rings is 5. The summed E-state index contributed by atoms with van der Waals surface area (Å²) in [4.78, 5) is 6.85. The first-order chi connectivity index (χ1) is 20.6. The highest BCUT2D eigenvalue weighted by molar-refractivity contribution is 6.10. The standard InChI is InChI=1S/C38H28N2O2/c1-38(2)30-16-4-5-18-32(30)40(33-20-21-35-36(37(33)38)29-15-3-6-19-34(29)42-35)26-12-10-14-28(24-26)41-27-13-9-11-25(23-27)31-17-7-8-22-39-31/h3-24H,1-2H3. The summed E-state index contributed by atoms with van der Waals surface area (Å²) in [6, 6.07) is 43.6. The molecule has 0 saturated heterocycles. The molecule has 0 amide bonds. The molecule has 0 unspecified atom stereocenters. The van der Waals surface area contributed by atoms with Gasteiger partial charge in [-0.1, -0.05) is 74.5 Å². The van der Waals surface area contributed by atoms with Crippen molar-refractivity contribution >= 4 is 39.0 Å². The van der Waals surface area contributed by atoms with Crippen LogP contribution in [0, 0.1) is 0 Å². The Hall–Kier alpha value is -5.35. The normalized spacial score (nSPS) is 13.6. The van der Waals surface area contributed by atoms with Crippen LogP contribution >= 0.6 is 0 Å². The molecule has 202 valence electrons. The highest BCUT2D eigenvalue weighted by Crippen LogP contribution is 2.55. The van der Waals surface area contributed by atoms with Crippen LogP contribution in [-0.4, -0.2) is 4.98 Å². The number of para-hydroxylation sites is 2. The van der Waals surface area contributed by atoms with E-state index in [9.17, 15) is 0 Å². The molecule has 0 fully saturated rings. The van der Waals surface area contributed by atoms with E-state index in [4.69, 9.17) is 9.15 Å². The van der Waals surface area contributed by atoms with Crippen LogP contribution < -0.4 is 9.64 Å². The van der Waals surface area contributed by atoms with Gasteiger partial charge in [-0.2, -0.15) is 0 Å². The Labute approximate surface area is 244 Å². The van der Waals surface area contributed by atoms with E-state index in [0.717, 1.165) is 56.4 Å². The van der Waals surface area contributed by atoms with E-state index in [-0.39, 0.29) is 5.41 Å². The molecule has 0 radical (unpaired) electrons. The first-order valence-corrected chi connectivity index (χ1v) is 14.2. The second-order valence-corrected chi connectivity index (χ2v) is 11.3. The van der Waals surface area contributed by atoms with Crippen LogP contribution in [-0.2, 0) is 5.41 Å². The second kappa shape index (κ2) is 9.35. The van der Waals surface area contributed by atoms with E-state index >= 15 is 0 Å². The largest absolute Gasteiger partial charge is 0.457 e. The quantitative estimate of drug-likeness (QED) is 0.221. The van der Waals surface area contributed by atoms with Crippen LogP contribution in [0.5, 0.6) is 11.5 Å². The van der Waals surface area contributed by atoms with Crippen molar-refractivity contribution in [2.45, 2.75) is 19.3 Å². The monoisotopic (exact) mass is 544 g/mol. The number of anilines is 3. The molecule has 0 atom stereocenters. The lowest BCUT2D eigenvalue weighted by Gasteiger charge is -2.42.